The fraction of sp³-hybridized carbons (Fsp3) is 0.471. The van der Waals surface area contributed by atoms with Gasteiger partial charge < -0.3 is 20.5 Å². The molecule has 3 rings (SSSR count). The molecule has 0 spiro atoms. The first-order valence-electron chi connectivity index (χ1n) is 7.97. The van der Waals surface area contributed by atoms with Crippen molar-refractivity contribution in [2.45, 2.75) is 12.0 Å². The van der Waals surface area contributed by atoms with E-state index in [1.54, 1.807) is 11.3 Å². The van der Waals surface area contributed by atoms with E-state index in [1.807, 2.05) is 18.2 Å². The molecule has 23 heavy (non-hydrogen) atoms. The first-order valence-corrected chi connectivity index (χ1v) is 8.85. The molecule has 0 bridgehead atoms. The molecule has 2 heterocycles. The van der Waals surface area contributed by atoms with Crippen molar-refractivity contribution in [2.24, 2.45) is 0 Å². The number of aliphatic hydroxyl groups is 1. The van der Waals surface area contributed by atoms with E-state index in [0.29, 0.717) is 26.3 Å². The zero-order valence-electron chi connectivity index (χ0n) is 13.1. The van der Waals surface area contributed by atoms with Crippen LogP contribution in [0.25, 0.3) is 11.3 Å². The van der Waals surface area contributed by atoms with Crippen molar-refractivity contribution in [1.82, 2.24) is 15.6 Å². The molecule has 0 aliphatic carbocycles. The number of hydrogen-bond donors (Lipinski definition) is 3. The number of nitrogens with zero attached hydrogens (tertiary/aromatic N) is 1. The molecule has 1 saturated heterocycles. The molecule has 3 N–H and O–H groups in total. The number of ether oxygens (including phenoxy) is 1. The molecular weight excluding hydrogens is 310 g/mol. The summed E-state index contributed by atoms with van der Waals surface area (Å²) in [7, 11) is 0. The van der Waals surface area contributed by atoms with Crippen LogP contribution in [-0.2, 0) is 11.2 Å². The van der Waals surface area contributed by atoms with Crippen molar-refractivity contribution < 1.29 is 9.84 Å². The van der Waals surface area contributed by atoms with Gasteiger partial charge in [0.15, 0.2) is 0 Å². The van der Waals surface area contributed by atoms with E-state index in [0.717, 1.165) is 35.8 Å². The SMILES string of the molecule is O[C@]1(CNCCc2nc(-c3ccccc3)cs2)CNCCOC1. The Morgan fingerprint density at radius 1 is 1.35 bits per heavy atom. The molecule has 1 aromatic carbocycles. The molecule has 1 aromatic heterocycles. The quantitative estimate of drug-likeness (QED) is 0.695. The van der Waals surface area contributed by atoms with Crippen LogP contribution < -0.4 is 10.6 Å². The Morgan fingerprint density at radius 2 is 2.22 bits per heavy atom. The van der Waals surface area contributed by atoms with E-state index < -0.39 is 5.60 Å². The second-order valence-electron chi connectivity index (χ2n) is 5.87. The van der Waals surface area contributed by atoms with Crippen LogP contribution in [0, 0.1) is 0 Å². The van der Waals surface area contributed by atoms with E-state index in [9.17, 15) is 5.11 Å². The van der Waals surface area contributed by atoms with Crippen molar-refractivity contribution in [3.63, 3.8) is 0 Å². The number of rotatable bonds is 6. The van der Waals surface area contributed by atoms with Gasteiger partial charge in [-0.05, 0) is 0 Å². The molecule has 1 fully saturated rings. The lowest BCUT2D eigenvalue weighted by Crippen LogP contribution is -2.50. The minimum atomic E-state index is -0.825. The fourth-order valence-electron chi connectivity index (χ4n) is 2.58. The Hall–Kier alpha value is -1.31. The molecule has 0 unspecified atom stereocenters. The summed E-state index contributed by atoms with van der Waals surface area (Å²) >= 11 is 1.68. The minimum Gasteiger partial charge on any atom is -0.385 e. The largest absolute Gasteiger partial charge is 0.385 e. The number of aromatic nitrogens is 1. The molecule has 6 heteroatoms. The summed E-state index contributed by atoms with van der Waals surface area (Å²) in [4.78, 5) is 4.68. The van der Waals surface area contributed by atoms with Crippen LogP contribution in [0.3, 0.4) is 0 Å². The number of β-amino-alcohol motifs (C(OH)–C–C–N with tert-alkyl or cyclic N) is 1. The highest BCUT2D eigenvalue weighted by atomic mass is 32.1. The summed E-state index contributed by atoms with van der Waals surface area (Å²) in [6.45, 7) is 3.71. The number of nitrogens with one attached hydrogen (secondary N) is 2. The molecule has 2 aromatic rings. The van der Waals surface area contributed by atoms with Crippen molar-refractivity contribution in [1.29, 1.82) is 0 Å². The predicted octanol–water partition coefficient (Wildman–Crippen LogP) is 1.29. The lowest BCUT2D eigenvalue weighted by atomic mass is 10.1. The predicted molar refractivity (Wildman–Crippen MR) is 92.8 cm³/mol. The lowest BCUT2D eigenvalue weighted by molar-refractivity contribution is -0.0260. The Bertz CT molecular complexity index is 595. The molecule has 1 atom stereocenters. The average Bonchev–Trinajstić information content (AvgIpc) is 2.94. The highest BCUT2D eigenvalue weighted by Gasteiger charge is 2.28. The maximum Gasteiger partial charge on any atom is 0.113 e. The van der Waals surface area contributed by atoms with Crippen molar-refractivity contribution in [3.8, 4) is 11.3 Å². The Labute approximate surface area is 140 Å². The zero-order valence-corrected chi connectivity index (χ0v) is 13.9. The summed E-state index contributed by atoms with van der Waals surface area (Å²) < 4.78 is 5.41. The molecule has 0 radical (unpaired) electrons. The summed E-state index contributed by atoms with van der Waals surface area (Å²) in [5, 5.41) is 20.2. The third-order valence-corrected chi connectivity index (χ3v) is 4.75. The van der Waals surface area contributed by atoms with E-state index >= 15 is 0 Å². The fourth-order valence-corrected chi connectivity index (χ4v) is 3.38. The number of hydrogen-bond acceptors (Lipinski definition) is 6. The van der Waals surface area contributed by atoms with E-state index in [1.165, 1.54) is 0 Å². The summed E-state index contributed by atoms with van der Waals surface area (Å²) in [5.41, 5.74) is 1.36. The minimum absolute atomic E-state index is 0.377. The van der Waals surface area contributed by atoms with Gasteiger partial charge in [-0.25, -0.2) is 4.98 Å². The molecule has 124 valence electrons. The first-order chi connectivity index (χ1) is 11.3. The van der Waals surface area contributed by atoms with E-state index in [2.05, 4.69) is 33.1 Å². The number of benzene rings is 1. The summed E-state index contributed by atoms with van der Waals surface area (Å²) in [6.07, 6.45) is 0.863. The second-order valence-corrected chi connectivity index (χ2v) is 6.82. The van der Waals surface area contributed by atoms with Crippen LogP contribution >= 0.6 is 11.3 Å². The van der Waals surface area contributed by atoms with Gasteiger partial charge in [0.25, 0.3) is 0 Å². The van der Waals surface area contributed by atoms with Crippen LogP contribution in [0.5, 0.6) is 0 Å². The van der Waals surface area contributed by atoms with Crippen molar-refractivity contribution >= 4 is 11.3 Å². The highest BCUT2D eigenvalue weighted by Crippen LogP contribution is 2.21. The van der Waals surface area contributed by atoms with Crippen LogP contribution in [0.15, 0.2) is 35.7 Å². The van der Waals surface area contributed by atoms with Crippen molar-refractivity contribution in [2.75, 3.05) is 39.4 Å². The van der Waals surface area contributed by atoms with Gasteiger partial charge in [-0.1, -0.05) is 30.3 Å². The second kappa shape index (κ2) is 7.99. The van der Waals surface area contributed by atoms with Gasteiger partial charge in [-0.15, -0.1) is 11.3 Å². The third-order valence-electron chi connectivity index (χ3n) is 3.84. The normalized spacial score (nSPS) is 22.0. The van der Waals surface area contributed by atoms with Gasteiger partial charge in [-0.3, -0.25) is 0 Å². The Balaban J connectivity index is 1.45. The van der Waals surface area contributed by atoms with Crippen LogP contribution in [-0.4, -0.2) is 55.1 Å². The van der Waals surface area contributed by atoms with Gasteiger partial charge in [0.1, 0.15) is 5.60 Å². The smallest absolute Gasteiger partial charge is 0.113 e. The standard InChI is InChI=1S/C17H23N3O2S/c21-17(12-19-8-9-22-13-17)11-18-7-6-16-20-15(10-23-16)14-4-2-1-3-5-14/h1-5,10,18-19,21H,6-9,11-13H2/t17-/m1/s1. The maximum absolute atomic E-state index is 10.4. The molecular formula is C17H23N3O2S. The molecule has 1 aliphatic heterocycles. The molecule has 0 saturated carbocycles. The van der Waals surface area contributed by atoms with Gasteiger partial charge in [0.2, 0.25) is 0 Å². The van der Waals surface area contributed by atoms with Gasteiger partial charge in [0, 0.05) is 43.5 Å². The maximum atomic E-state index is 10.4. The lowest BCUT2D eigenvalue weighted by Gasteiger charge is -2.26. The summed E-state index contributed by atoms with van der Waals surface area (Å²) in [5.74, 6) is 0. The zero-order chi connectivity index (χ0) is 16.0. The van der Waals surface area contributed by atoms with Crippen LogP contribution in [0.2, 0.25) is 0 Å². The van der Waals surface area contributed by atoms with E-state index in [4.69, 9.17) is 4.74 Å². The average molecular weight is 333 g/mol. The van der Waals surface area contributed by atoms with Crippen LogP contribution in [0.1, 0.15) is 5.01 Å². The van der Waals surface area contributed by atoms with E-state index in [-0.39, 0.29) is 0 Å². The highest BCUT2D eigenvalue weighted by molar-refractivity contribution is 7.09. The number of thiazole rings is 1. The van der Waals surface area contributed by atoms with Gasteiger partial charge >= 0.3 is 0 Å². The Morgan fingerprint density at radius 3 is 3.09 bits per heavy atom. The van der Waals surface area contributed by atoms with Gasteiger partial charge in [-0.2, -0.15) is 0 Å². The van der Waals surface area contributed by atoms with Crippen LogP contribution in [0.4, 0.5) is 0 Å². The van der Waals surface area contributed by atoms with Gasteiger partial charge in [0.05, 0.1) is 23.9 Å². The third kappa shape index (κ3) is 4.83. The molecule has 0 amide bonds. The molecule has 5 nitrogen and oxygen atoms in total. The summed E-state index contributed by atoms with van der Waals surface area (Å²) in [6, 6.07) is 10.2. The first kappa shape index (κ1) is 16.5. The topological polar surface area (TPSA) is 66.4 Å². The Kier molecular flexibility index (Phi) is 5.75. The monoisotopic (exact) mass is 333 g/mol. The molecule has 1 aliphatic rings. The van der Waals surface area contributed by atoms with Crippen molar-refractivity contribution in [3.05, 3.63) is 40.7 Å².